The lowest BCUT2D eigenvalue weighted by Crippen LogP contribution is -2.21. The molecule has 0 fully saturated rings. The summed E-state index contributed by atoms with van der Waals surface area (Å²) in [6, 6.07) is 6.76. The molecule has 6 heteroatoms. The Hall–Kier alpha value is -1.82. The highest BCUT2D eigenvalue weighted by atomic mass is 19.4. The van der Waals surface area contributed by atoms with E-state index in [9.17, 15) is 13.2 Å². The molecule has 19 heavy (non-hydrogen) atoms. The minimum atomic E-state index is -4.35. The topological polar surface area (TPSA) is 38.1 Å². The van der Waals surface area contributed by atoms with E-state index in [1.807, 2.05) is 0 Å². The molecule has 1 unspecified atom stereocenters. The molecule has 0 saturated heterocycles. The van der Waals surface area contributed by atoms with E-state index >= 15 is 0 Å². The fourth-order valence-corrected chi connectivity index (χ4v) is 1.83. The van der Waals surface area contributed by atoms with Crippen LogP contribution in [0.5, 0.6) is 0 Å². The largest absolute Gasteiger partial charge is 0.416 e. The maximum absolute atomic E-state index is 12.9. The fourth-order valence-electron chi connectivity index (χ4n) is 1.83. The van der Waals surface area contributed by atoms with Crippen molar-refractivity contribution in [2.75, 3.05) is 0 Å². The molecule has 0 saturated carbocycles. The summed E-state index contributed by atoms with van der Waals surface area (Å²) in [5.74, 6) is 0.580. The summed E-state index contributed by atoms with van der Waals surface area (Å²) >= 11 is 0. The van der Waals surface area contributed by atoms with Gasteiger partial charge in [-0.05, 0) is 18.6 Å². The van der Waals surface area contributed by atoms with Crippen molar-refractivity contribution in [1.82, 2.24) is 10.5 Å². The number of halogens is 3. The number of hydrogen-bond acceptors (Lipinski definition) is 3. The van der Waals surface area contributed by atoms with E-state index < -0.39 is 17.8 Å². The number of hydrogen-bond donors (Lipinski definition) is 1. The number of nitrogens with one attached hydrogen (secondary N) is 1. The molecule has 3 nitrogen and oxygen atoms in total. The van der Waals surface area contributed by atoms with E-state index in [2.05, 4.69) is 10.5 Å². The Morgan fingerprint density at radius 2 is 2.00 bits per heavy atom. The van der Waals surface area contributed by atoms with Crippen LogP contribution in [0.3, 0.4) is 0 Å². The Kier molecular flexibility index (Phi) is 3.90. The van der Waals surface area contributed by atoms with Crippen LogP contribution >= 0.6 is 0 Å². The summed E-state index contributed by atoms with van der Waals surface area (Å²) in [7, 11) is 0. The normalized spacial score (nSPS) is 13.5. The summed E-state index contributed by atoms with van der Waals surface area (Å²) in [6.45, 7) is 2.01. The predicted molar refractivity (Wildman–Crippen MR) is 63.2 cm³/mol. The number of benzene rings is 1. The first-order chi connectivity index (χ1) is 8.98. The molecule has 0 aliphatic heterocycles. The van der Waals surface area contributed by atoms with Crippen LogP contribution in [0.25, 0.3) is 0 Å². The Bertz CT molecular complexity index is 523. The summed E-state index contributed by atoms with van der Waals surface area (Å²) in [5.41, 5.74) is -0.401. The summed E-state index contributed by atoms with van der Waals surface area (Å²) < 4.78 is 43.5. The minimum Gasteiger partial charge on any atom is -0.360 e. The van der Waals surface area contributed by atoms with Crippen molar-refractivity contribution < 1.29 is 17.7 Å². The maximum Gasteiger partial charge on any atom is 0.416 e. The summed E-state index contributed by atoms with van der Waals surface area (Å²) in [5, 5.41) is 6.51. The third-order valence-electron chi connectivity index (χ3n) is 2.81. The highest BCUT2D eigenvalue weighted by Gasteiger charge is 2.34. The van der Waals surface area contributed by atoms with E-state index in [4.69, 9.17) is 4.52 Å². The standard InChI is InChI=1S/C13H13F3N2O/c1-9(17-8-10-6-7-18-19-10)11-4-2-3-5-12(11)13(14,15)16/h2-7,9,17H,8H2,1H3. The highest BCUT2D eigenvalue weighted by molar-refractivity contribution is 5.32. The van der Waals surface area contributed by atoms with Crippen LogP contribution < -0.4 is 5.32 Å². The van der Waals surface area contributed by atoms with Gasteiger partial charge < -0.3 is 9.84 Å². The first kappa shape index (κ1) is 13.6. The molecule has 2 aromatic rings. The second kappa shape index (κ2) is 5.44. The van der Waals surface area contributed by atoms with Gasteiger partial charge >= 0.3 is 6.18 Å². The van der Waals surface area contributed by atoms with Gasteiger partial charge in [-0.25, -0.2) is 0 Å². The quantitative estimate of drug-likeness (QED) is 0.923. The van der Waals surface area contributed by atoms with Crippen molar-refractivity contribution in [2.45, 2.75) is 25.7 Å². The number of aromatic nitrogens is 1. The third-order valence-corrected chi connectivity index (χ3v) is 2.81. The van der Waals surface area contributed by atoms with Crippen molar-refractivity contribution in [1.29, 1.82) is 0 Å². The van der Waals surface area contributed by atoms with Crippen LogP contribution in [-0.2, 0) is 12.7 Å². The van der Waals surface area contributed by atoms with Gasteiger partial charge in [-0.1, -0.05) is 23.4 Å². The zero-order valence-corrected chi connectivity index (χ0v) is 10.2. The third kappa shape index (κ3) is 3.35. The van der Waals surface area contributed by atoms with E-state index in [-0.39, 0.29) is 5.56 Å². The van der Waals surface area contributed by atoms with Crippen LogP contribution in [0.2, 0.25) is 0 Å². The van der Waals surface area contributed by atoms with Crippen LogP contribution in [0.15, 0.2) is 41.1 Å². The molecule has 0 radical (unpaired) electrons. The Balaban J connectivity index is 2.12. The minimum absolute atomic E-state index is 0.217. The lowest BCUT2D eigenvalue weighted by Gasteiger charge is -2.18. The van der Waals surface area contributed by atoms with Gasteiger partial charge in [-0.2, -0.15) is 13.2 Å². The molecule has 1 atom stereocenters. The average Bonchev–Trinajstić information content (AvgIpc) is 2.88. The molecule has 0 amide bonds. The van der Waals surface area contributed by atoms with Crippen molar-refractivity contribution in [2.24, 2.45) is 0 Å². The first-order valence-corrected chi connectivity index (χ1v) is 5.77. The highest BCUT2D eigenvalue weighted by Crippen LogP contribution is 2.34. The molecule has 1 N–H and O–H groups in total. The lowest BCUT2D eigenvalue weighted by molar-refractivity contribution is -0.138. The Morgan fingerprint density at radius 3 is 2.63 bits per heavy atom. The van der Waals surface area contributed by atoms with Crippen LogP contribution in [-0.4, -0.2) is 5.16 Å². The predicted octanol–water partition coefficient (Wildman–Crippen LogP) is 3.54. The Morgan fingerprint density at radius 1 is 1.26 bits per heavy atom. The van der Waals surface area contributed by atoms with Gasteiger partial charge in [0.25, 0.3) is 0 Å². The molecule has 0 bridgehead atoms. The molecule has 1 aromatic carbocycles. The second-order valence-corrected chi connectivity index (χ2v) is 4.17. The van der Waals surface area contributed by atoms with E-state index in [0.29, 0.717) is 12.3 Å². The van der Waals surface area contributed by atoms with Crippen LogP contribution in [0.1, 0.15) is 29.9 Å². The first-order valence-electron chi connectivity index (χ1n) is 5.77. The van der Waals surface area contributed by atoms with Crippen LogP contribution in [0.4, 0.5) is 13.2 Å². The molecule has 102 valence electrons. The molecular weight excluding hydrogens is 257 g/mol. The van der Waals surface area contributed by atoms with Gasteiger partial charge in [0.05, 0.1) is 18.3 Å². The Labute approximate surface area is 108 Å². The second-order valence-electron chi connectivity index (χ2n) is 4.17. The number of nitrogens with zero attached hydrogens (tertiary/aromatic N) is 1. The SMILES string of the molecule is CC(NCc1ccno1)c1ccccc1C(F)(F)F. The number of alkyl halides is 3. The smallest absolute Gasteiger partial charge is 0.360 e. The van der Waals surface area contributed by atoms with Crippen molar-refractivity contribution in [3.05, 3.63) is 53.4 Å². The van der Waals surface area contributed by atoms with Gasteiger partial charge in [-0.3, -0.25) is 0 Å². The molecular formula is C13H13F3N2O. The van der Waals surface area contributed by atoms with E-state index in [1.165, 1.54) is 18.3 Å². The molecule has 0 spiro atoms. The zero-order chi connectivity index (χ0) is 13.9. The number of rotatable bonds is 4. The van der Waals surface area contributed by atoms with Crippen LogP contribution in [0, 0.1) is 0 Å². The molecule has 1 heterocycles. The van der Waals surface area contributed by atoms with Crippen molar-refractivity contribution >= 4 is 0 Å². The summed E-state index contributed by atoms with van der Waals surface area (Å²) in [6.07, 6.45) is -2.86. The molecule has 1 aromatic heterocycles. The monoisotopic (exact) mass is 270 g/mol. The summed E-state index contributed by atoms with van der Waals surface area (Å²) in [4.78, 5) is 0. The molecule has 2 rings (SSSR count). The van der Waals surface area contributed by atoms with Crippen molar-refractivity contribution in [3.8, 4) is 0 Å². The van der Waals surface area contributed by atoms with Crippen molar-refractivity contribution in [3.63, 3.8) is 0 Å². The molecule has 0 aliphatic rings. The van der Waals surface area contributed by atoms with Gasteiger partial charge in [0.2, 0.25) is 0 Å². The maximum atomic E-state index is 12.9. The van der Waals surface area contributed by atoms with Gasteiger partial charge in [-0.15, -0.1) is 0 Å². The van der Waals surface area contributed by atoms with Gasteiger partial charge in [0.15, 0.2) is 0 Å². The average molecular weight is 270 g/mol. The lowest BCUT2D eigenvalue weighted by atomic mass is 10.0. The van der Waals surface area contributed by atoms with E-state index in [1.54, 1.807) is 19.1 Å². The van der Waals surface area contributed by atoms with E-state index in [0.717, 1.165) is 6.07 Å². The fraction of sp³-hybridized carbons (Fsp3) is 0.308. The zero-order valence-electron chi connectivity index (χ0n) is 10.2. The van der Waals surface area contributed by atoms with Gasteiger partial charge in [0.1, 0.15) is 5.76 Å². The van der Waals surface area contributed by atoms with Gasteiger partial charge in [0, 0.05) is 12.1 Å². The molecule has 0 aliphatic carbocycles.